The number of thioether (sulfide) groups is 1. The first-order valence-electron chi connectivity index (χ1n) is 11.4. The van der Waals surface area contributed by atoms with Gasteiger partial charge in [0.15, 0.2) is 11.5 Å². The van der Waals surface area contributed by atoms with E-state index in [0.29, 0.717) is 30.4 Å². The van der Waals surface area contributed by atoms with Crippen molar-refractivity contribution in [2.45, 2.75) is 44.5 Å². The van der Waals surface area contributed by atoms with Gasteiger partial charge in [0, 0.05) is 22.9 Å². The van der Waals surface area contributed by atoms with Gasteiger partial charge in [0.2, 0.25) is 10.8 Å². The Balaban J connectivity index is 1.61. The first kappa shape index (κ1) is 20.7. The summed E-state index contributed by atoms with van der Waals surface area (Å²) in [7, 11) is 0. The largest absolute Gasteiger partial charge is 0.486 e. The number of rotatable bonds is 2. The van der Waals surface area contributed by atoms with Gasteiger partial charge in [-0.15, -0.1) is 11.8 Å². The Hall–Kier alpha value is -2.93. The van der Waals surface area contributed by atoms with Crippen molar-refractivity contribution in [3.05, 3.63) is 53.1 Å². The first-order chi connectivity index (χ1) is 15.8. The van der Waals surface area contributed by atoms with E-state index >= 15 is 0 Å². The molecule has 1 spiro atoms. The van der Waals surface area contributed by atoms with Crippen LogP contribution in [-0.4, -0.2) is 36.3 Å². The predicted molar refractivity (Wildman–Crippen MR) is 130 cm³/mol. The molecule has 0 unspecified atom stereocenters. The standard InChI is InChI=1S/C26H26N2O4S/c1-5-16-10-18-15(2)13-25(3,4)28-23(18)19(11-16)26(24(28)30)27(22(29)14-33-26)17-6-7-20-21(12-17)32-9-8-31-20/h6-7,10-13H,5,8-9,14H2,1-4H3/t26-/m0/s1. The van der Waals surface area contributed by atoms with E-state index in [-0.39, 0.29) is 17.6 Å². The van der Waals surface area contributed by atoms with Gasteiger partial charge >= 0.3 is 0 Å². The van der Waals surface area contributed by atoms with Gasteiger partial charge in [0.25, 0.3) is 5.91 Å². The van der Waals surface area contributed by atoms with Gasteiger partial charge in [-0.2, -0.15) is 0 Å². The highest BCUT2D eigenvalue weighted by atomic mass is 32.2. The van der Waals surface area contributed by atoms with Crippen molar-refractivity contribution in [3.63, 3.8) is 0 Å². The fourth-order valence-corrected chi connectivity index (χ4v) is 6.94. The van der Waals surface area contributed by atoms with Crippen LogP contribution in [0.4, 0.5) is 11.4 Å². The van der Waals surface area contributed by atoms with Crippen LogP contribution in [0, 0.1) is 0 Å². The topological polar surface area (TPSA) is 59.1 Å². The molecule has 4 aliphatic heterocycles. The summed E-state index contributed by atoms with van der Waals surface area (Å²) in [5, 5.41) is 0. The van der Waals surface area contributed by atoms with Crippen LogP contribution in [-0.2, 0) is 20.9 Å². The van der Waals surface area contributed by atoms with Crippen molar-refractivity contribution in [1.29, 1.82) is 0 Å². The number of allylic oxidation sites excluding steroid dienone is 1. The van der Waals surface area contributed by atoms with E-state index in [2.05, 4.69) is 45.9 Å². The van der Waals surface area contributed by atoms with Gasteiger partial charge in [-0.25, -0.2) is 0 Å². The molecule has 6 rings (SSSR count). The third-order valence-electron chi connectivity index (χ3n) is 6.98. The van der Waals surface area contributed by atoms with Gasteiger partial charge < -0.3 is 9.47 Å². The Morgan fingerprint density at radius 1 is 1.03 bits per heavy atom. The number of nitrogens with zero attached hydrogens (tertiary/aromatic N) is 2. The zero-order chi connectivity index (χ0) is 23.1. The second-order valence-corrected chi connectivity index (χ2v) is 10.7. The maximum Gasteiger partial charge on any atom is 0.269 e. The van der Waals surface area contributed by atoms with E-state index in [9.17, 15) is 9.59 Å². The molecule has 0 aromatic heterocycles. The molecule has 0 aliphatic carbocycles. The number of hydrogen-bond acceptors (Lipinski definition) is 5. The van der Waals surface area contributed by atoms with Crippen LogP contribution in [0.25, 0.3) is 5.57 Å². The van der Waals surface area contributed by atoms with Gasteiger partial charge in [0.05, 0.1) is 17.0 Å². The second kappa shape index (κ2) is 6.79. The first-order valence-corrected chi connectivity index (χ1v) is 12.3. The van der Waals surface area contributed by atoms with Gasteiger partial charge in [-0.05, 0) is 62.6 Å². The molecule has 0 N–H and O–H groups in total. The molecule has 2 aromatic carbocycles. The summed E-state index contributed by atoms with van der Waals surface area (Å²) in [6, 6.07) is 9.83. The number of carbonyl (C=O) groups excluding carboxylic acids is 2. The quantitative estimate of drug-likeness (QED) is 0.658. The van der Waals surface area contributed by atoms with Crippen molar-refractivity contribution in [2.24, 2.45) is 0 Å². The maximum atomic E-state index is 14.4. The lowest BCUT2D eigenvalue weighted by molar-refractivity contribution is -0.124. The minimum atomic E-state index is -1.13. The summed E-state index contributed by atoms with van der Waals surface area (Å²) in [6.07, 6.45) is 3.01. The summed E-state index contributed by atoms with van der Waals surface area (Å²) < 4.78 is 11.5. The normalized spacial score (nSPS) is 24.4. The van der Waals surface area contributed by atoms with Crippen LogP contribution in [0.3, 0.4) is 0 Å². The van der Waals surface area contributed by atoms with Crippen molar-refractivity contribution < 1.29 is 19.1 Å². The molecule has 4 heterocycles. The Morgan fingerprint density at radius 2 is 1.79 bits per heavy atom. The minimum absolute atomic E-state index is 0.0634. The van der Waals surface area contributed by atoms with E-state index < -0.39 is 10.4 Å². The number of hydrogen-bond donors (Lipinski definition) is 0. The number of benzene rings is 2. The van der Waals surface area contributed by atoms with E-state index in [4.69, 9.17) is 9.47 Å². The molecule has 170 valence electrons. The van der Waals surface area contributed by atoms with Gasteiger partial charge in [-0.3, -0.25) is 19.4 Å². The smallest absolute Gasteiger partial charge is 0.269 e. The van der Waals surface area contributed by atoms with Crippen molar-refractivity contribution in [1.82, 2.24) is 0 Å². The number of amides is 2. The number of fused-ring (bicyclic) bond motifs is 2. The summed E-state index contributed by atoms with van der Waals surface area (Å²) >= 11 is 1.42. The van der Waals surface area contributed by atoms with Crippen LogP contribution in [0.15, 0.2) is 36.4 Å². The molecule has 1 atom stereocenters. The molecule has 0 saturated carbocycles. The average Bonchev–Trinajstić information content (AvgIpc) is 3.27. The monoisotopic (exact) mass is 462 g/mol. The molecular formula is C26H26N2O4S. The maximum absolute atomic E-state index is 14.4. The number of ether oxygens (including phenoxy) is 2. The predicted octanol–water partition coefficient (Wildman–Crippen LogP) is 4.50. The highest BCUT2D eigenvalue weighted by Gasteiger charge is 2.64. The summed E-state index contributed by atoms with van der Waals surface area (Å²) in [6.45, 7) is 9.30. The number of carbonyl (C=O) groups is 2. The van der Waals surface area contributed by atoms with E-state index in [1.807, 2.05) is 23.1 Å². The Kier molecular flexibility index (Phi) is 4.25. The molecular weight excluding hydrogens is 436 g/mol. The van der Waals surface area contributed by atoms with Crippen LogP contribution in [0.2, 0.25) is 0 Å². The van der Waals surface area contributed by atoms with E-state index in [0.717, 1.165) is 34.4 Å². The summed E-state index contributed by atoms with van der Waals surface area (Å²) in [5.41, 5.74) is 5.40. The lowest BCUT2D eigenvalue weighted by atomic mass is 9.87. The molecule has 2 aromatic rings. The zero-order valence-electron chi connectivity index (χ0n) is 19.2. The third-order valence-corrected chi connectivity index (χ3v) is 8.37. The van der Waals surface area contributed by atoms with Crippen molar-refractivity contribution in [2.75, 3.05) is 28.8 Å². The lowest BCUT2D eigenvalue weighted by Gasteiger charge is -2.40. The molecule has 0 radical (unpaired) electrons. The zero-order valence-corrected chi connectivity index (χ0v) is 20.0. The lowest BCUT2D eigenvalue weighted by Crippen LogP contribution is -2.54. The van der Waals surface area contributed by atoms with Gasteiger partial charge in [0.1, 0.15) is 13.2 Å². The molecule has 33 heavy (non-hydrogen) atoms. The average molecular weight is 463 g/mol. The molecule has 0 bridgehead atoms. The Bertz CT molecular complexity index is 1270. The molecule has 1 fully saturated rings. The van der Waals surface area contributed by atoms with Crippen LogP contribution in [0.5, 0.6) is 11.5 Å². The SMILES string of the molecule is CCc1cc2c3c(c1)[C@]1(SCC(=O)N1c1ccc4c(c1)OCCO4)C(=O)N3C(C)(C)C=C2C. The van der Waals surface area contributed by atoms with Crippen LogP contribution >= 0.6 is 11.8 Å². The molecule has 1 saturated heterocycles. The Morgan fingerprint density at radius 3 is 2.55 bits per heavy atom. The minimum Gasteiger partial charge on any atom is -0.486 e. The van der Waals surface area contributed by atoms with Crippen LogP contribution < -0.4 is 19.3 Å². The van der Waals surface area contributed by atoms with Crippen molar-refractivity contribution >= 4 is 40.5 Å². The number of aryl methyl sites for hydroxylation is 1. The second-order valence-electron chi connectivity index (χ2n) is 9.50. The molecule has 2 amide bonds. The highest BCUT2D eigenvalue weighted by molar-refractivity contribution is 8.02. The molecule has 6 nitrogen and oxygen atoms in total. The fourth-order valence-electron chi connectivity index (χ4n) is 5.61. The molecule has 4 aliphatic rings. The van der Waals surface area contributed by atoms with Crippen LogP contribution in [0.1, 0.15) is 44.4 Å². The Labute approximate surface area is 197 Å². The number of anilines is 2. The van der Waals surface area contributed by atoms with E-state index in [1.54, 1.807) is 4.90 Å². The van der Waals surface area contributed by atoms with Gasteiger partial charge in [-0.1, -0.05) is 13.0 Å². The van der Waals surface area contributed by atoms with Crippen molar-refractivity contribution in [3.8, 4) is 11.5 Å². The highest BCUT2D eigenvalue weighted by Crippen LogP contribution is 2.60. The fraction of sp³-hybridized carbons (Fsp3) is 0.385. The third kappa shape index (κ3) is 2.63. The summed E-state index contributed by atoms with van der Waals surface area (Å²) in [4.78, 5) is 30.2. The molecule has 7 heteroatoms. The summed E-state index contributed by atoms with van der Waals surface area (Å²) in [5.74, 6) is 1.36. The van der Waals surface area contributed by atoms with E-state index in [1.165, 1.54) is 11.8 Å².